The molecule has 0 aliphatic carbocycles. The van der Waals surface area contributed by atoms with Gasteiger partial charge in [0, 0.05) is 18.7 Å². The summed E-state index contributed by atoms with van der Waals surface area (Å²) in [5.41, 5.74) is 3.12. The first-order valence-corrected chi connectivity index (χ1v) is 10.9. The molecule has 0 amide bonds. The highest BCUT2D eigenvalue weighted by atomic mass is 32.2. The largest absolute Gasteiger partial charge is 0.360 e. The van der Waals surface area contributed by atoms with Crippen molar-refractivity contribution < 1.29 is 17.5 Å². The van der Waals surface area contributed by atoms with Gasteiger partial charge >= 0.3 is 0 Å². The van der Waals surface area contributed by atoms with Crippen molar-refractivity contribution in [3.63, 3.8) is 0 Å². The van der Waals surface area contributed by atoms with Gasteiger partial charge in [-0.15, -0.1) is 0 Å². The number of hydrogen-bond donors (Lipinski definition) is 0. The van der Waals surface area contributed by atoms with Gasteiger partial charge in [0.2, 0.25) is 10.0 Å². The van der Waals surface area contributed by atoms with Crippen molar-refractivity contribution >= 4 is 10.0 Å². The Labute approximate surface area is 163 Å². The lowest BCUT2D eigenvalue weighted by Gasteiger charge is -2.25. The van der Waals surface area contributed by atoms with E-state index < -0.39 is 10.0 Å². The summed E-state index contributed by atoms with van der Waals surface area (Å²) < 4.78 is 37.5. The van der Waals surface area contributed by atoms with Crippen molar-refractivity contribution in [3.05, 3.63) is 41.4 Å². The normalized spacial score (nSPS) is 15.8. The minimum absolute atomic E-state index is 0.136. The topological polar surface area (TPSA) is 102 Å². The fourth-order valence-electron chi connectivity index (χ4n) is 3.46. The highest BCUT2D eigenvalue weighted by Crippen LogP contribution is 2.34. The van der Waals surface area contributed by atoms with E-state index in [0.717, 1.165) is 30.4 Å². The fourth-order valence-corrected chi connectivity index (χ4v) is 4.90. The number of sulfonamides is 1. The summed E-state index contributed by atoms with van der Waals surface area (Å²) in [6.07, 6.45) is 2.83. The first-order valence-electron chi connectivity index (χ1n) is 9.29. The molecule has 4 rings (SSSR count). The lowest BCUT2D eigenvalue weighted by atomic mass is 10.0. The maximum absolute atomic E-state index is 12.6. The maximum atomic E-state index is 12.6. The van der Waals surface area contributed by atoms with Crippen LogP contribution in [0.3, 0.4) is 0 Å². The van der Waals surface area contributed by atoms with Crippen molar-refractivity contribution in [1.82, 2.24) is 19.6 Å². The summed E-state index contributed by atoms with van der Waals surface area (Å²) in [7, 11) is -3.46. The van der Waals surface area contributed by atoms with Gasteiger partial charge in [0.15, 0.2) is 5.82 Å². The van der Waals surface area contributed by atoms with Crippen LogP contribution in [0.15, 0.2) is 33.3 Å². The van der Waals surface area contributed by atoms with Gasteiger partial charge in [-0.2, -0.15) is 4.98 Å². The van der Waals surface area contributed by atoms with Gasteiger partial charge in [-0.25, -0.2) is 12.7 Å². The highest BCUT2D eigenvalue weighted by Gasteiger charge is 2.28. The van der Waals surface area contributed by atoms with E-state index in [1.807, 2.05) is 31.2 Å². The number of nitrogens with zero attached hydrogens (tertiary/aromatic N) is 4. The summed E-state index contributed by atoms with van der Waals surface area (Å²) in [5, 5.41) is 8.04. The van der Waals surface area contributed by atoms with E-state index in [1.54, 1.807) is 6.92 Å². The van der Waals surface area contributed by atoms with Crippen LogP contribution in [0.25, 0.3) is 22.7 Å². The lowest BCUT2D eigenvalue weighted by molar-refractivity contribution is 0.345. The third kappa shape index (κ3) is 3.59. The molecule has 28 heavy (non-hydrogen) atoms. The van der Waals surface area contributed by atoms with Gasteiger partial charge in [-0.1, -0.05) is 41.0 Å². The lowest BCUT2D eigenvalue weighted by Crippen LogP contribution is -2.36. The van der Waals surface area contributed by atoms with Crippen LogP contribution in [0.2, 0.25) is 0 Å². The third-order valence-electron chi connectivity index (χ3n) is 4.96. The van der Waals surface area contributed by atoms with E-state index in [2.05, 4.69) is 15.3 Å². The Kier molecular flexibility index (Phi) is 5.03. The van der Waals surface area contributed by atoms with E-state index >= 15 is 0 Å². The molecule has 8 nitrogen and oxygen atoms in total. The van der Waals surface area contributed by atoms with E-state index in [4.69, 9.17) is 9.05 Å². The summed E-state index contributed by atoms with van der Waals surface area (Å²) >= 11 is 0. The zero-order valence-electron chi connectivity index (χ0n) is 15.9. The molecule has 3 heterocycles. The van der Waals surface area contributed by atoms with Gasteiger partial charge in [0.1, 0.15) is 22.8 Å². The Morgan fingerprint density at radius 1 is 1.04 bits per heavy atom. The maximum Gasteiger partial charge on any atom is 0.263 e. The van der Waals surface area contributed by atoms with Gasteiger partial charge in [0.05, 0.1) is 0 Å². The van der Waals surface area contributed by atoms with Crippen molar-refractivity contribution in [2.45, 2.75) is 38.9 Å². The first-order chi connectivity index (χ1) is 13.5. The van der Waals surface area contributed by atoms with Gasteiger partial charge in [-0.05, 0) is 32.3 Å². The molecular formula is C19H22N4O4S. The number of benzene rings is 1. The SMILES string of the molecule is Cc1ccccc1-c1noc(C)c1-c1nc(CS(=O)(=O)N2CCCCC2)no1. The molecule has 0 atom stereocenters. The van der Waals surface area contributed by atoms with Crippen molar-refractivity contribution in [3.8, 4) is 22.7 Å². The molecule has 3 aromatic rings. The number of piperidine rings is 1. The number of aryl methyl sites for hydroxylation is 2. The molecule has 148 valence electrons. The van der Waals surface area contributed by atoms with E-state index in [1.165, 1.54) is 4.31 Å². The Balaban J connectivity index is 1.64. The molecule has 0 radical (unpaired) electrons. The summed E-state index contributed by atoms with van der Waals surface area (Å²) in [5.74, 6) is 0.602. The second-order valence-electron chi connectivity index (χ2n) is 7.01. The molecule has 0 bridgehead atoms. The monoisotopic (exact) mass is 402 g/mol. The minimum atomic E-state index is -3.46. The van der Waals surface area contributed by atoms with Crippen LogP contribution >= 0.6 is 0 Å². The predicted molar refractivity (Wildman–Crippen MR) is 103 cm³/mol. The van der Waals surface area contributed by atoms with Crippen LogP contribution in [0.1, 0.15) is 36.4 Å². The smallest absolute Gasteiger partial charge is 0.263 e. The van der Waals surface area contributed by atoms with Crippen molar-refractivity contribution in [1.29, 1.82) is 0 Å². The van der Waals surface area contributed by atoms with Gasteiger partial charge in [0.25, 0.3) is 5.89 Å². The predicted octanol–water partition coefficient (Wildman–Crippen LogP) is 3.32. The van der Waals surface area contributed by atoms with E-state index in [-0.39, 0.29) is 17.5 Å². The molecule has 1 aromatic carbocycles. The standard InChI is InChI=1S/C19H22N4O4S/c1-13-8-4-5-9-15(13)18-17(14(2)26-22-18)19-20-16(21-27-19)12-28(24,25)23-10-6-3-7-11-23/h4-5,8-9H,3,6-7,10-12H2,1-2H3. The summed E-state index contributed by atoms with van der Waals surface area (Å²) in [4.78, 5) is 4.33. The molecule has 2 aromatic heterocycles. The first kappa shape index (κ1) is 18.8. The Morgan fingerprint density at radius 3 is 2.54 bits per heavy atom. The molecule has 1 aliphatic rings. The average Bonchev–Trinajstić information content (AvgIpc) is 3.28. The van der Waals surface area contributed by atoms with Gasteiger partial charge in [-0.3, -0.25) is 0 Å². The van der Waals surface area contributed by atoms with Crippen LogP contribution in [0, 0.1) is 13.8 Å². The summed E-state index contributed by atoms with van der Waals surface area (Å²) in [6.45, 7) is 4.84. The number of hydrogen-bond acceptors (Lipinski definition) is 7. The number of aromatic nitrogens is 3. The molecule has 1 saturated heterocycles. The molecule has 9 heteroatoms. The molecule has 0 saturated carbocycles. The zero-order valence-corrected chi connectivity index (χ0v) is 16.7. The molecule has 0 spiro atoms. The number of rotatable bonds is 5. The van der Waals surface area contributed by atoms with Crippen LogP contribution < -0.4 is 0 Å². The van der Waals surface area contributed by atoms with Crippen LogP contribution in [-0.4, -0.2) is 41.1 Å². The van der Waals surface area contributed by atoms with E-state index in [9.17, 15) is 8.42 Å². The van der Waals surface area contributed by atoms with Gasteiger partial charge < -0.3 is 9.05 Å². The Bertz CT molecular complexity index is 1080. The molecule has 1 aliphatic heterocycles. The van der Waals surface area contributed by atoms with Crippen molar-refractivity contribution in [2.24, 2.45) is 0 Å². The van der Waals surface area contributed by atoms with Crippen molar-refractivity contribution in [2.75, 3.05) is 13.1 Å². The Morgan fingerprint density at radius 2 is 1.79 bits per heavy atom. The zero-order chi connectivity index (χ0) is 19.7. The molecule has 0 unspecified atom stereocenters. The summed E-state index contributed by atoms with van der Waals surface area (Å²) in [6, 6.07) is 7.78. The van der Waals surface area contributed by atoms with Crippen LogP contribution in [-0.2, 0) is 15.8 Å². The quantitative estimate of drug-likeness (QED) is 0.645. The second-order valence-corrected chi connectivity index (χ2v) is 8.98. The molecule has 0 N–H and O–H groups in total. The second kappa shape index (κ2) is 7.48. The Hall–Kier alpha value is -2.52. The highest BCUT2D eigenvalue weighted by molar-refractivity contribution is 7.88. The minimum Gasteiger partial charge on any atom is -0.360 e. The molecular weight excluding hydrogens is 380 g/mol. The fraction of sp³-hybridized carbons (Fsp3) is 0.421. The third-order valence-corrected chi connectivity index (χ3v) is 6.74. The van der Waals surface area contributed by atoms with Crippen LogP contribution in [0.4, 0.5) is 0 Å². The molecule has 1 fully saturated rings. The van der Waals surface area contributed by atoms with E-state index in [0.29, 0.717) is 30.1 Å². The van der Waals surface area contributed by atoms with Crippen LogP contribution in [0.5, 0.6) is 0 Å². The average molecular weight is 402 g/mol.